The van der Waals surface area contributed by atoms with Crippen molar-refractivity contribution in [1.82, 2.24) is 0 Å². The third-order valence-corrected chi connectivity index (χ3v) is 4.97. The Kier molecular flexibility index (Phi) is 8.03. The largest absolute Gasteiger partial charge is 0.437 e. The summed E-state index contributed by atoms with van der Waals surface area (Å²) >= 11 is 5.13. The summed E-state index contributed by atoms with van der Waals surface area (Å²) in [7, 11) is 0. The van der Waals surface area contributed by atoms with Crippen LogP contribution in [0.3, 0.4) is 0 Å². The number of allylic oxidation sites excluding steroid dienone is 1. The van der Waals surface area contributed by atoms with Crippen LogP contribution in [0, 0.1) is 0 Å². The van der Waals surface area contributed by atoms with Gasteiger partial charge in [0.2, 0.25) is 12.3 Å². The van der Waals surface area contributed by atoms with Gasteiger partial charge < -0.3 is 0 Å². The lowest BCUT2D eigenvalue weighted by Crippen LogP contribution is -2.71. The first-order valence-electron chi connectivity index (χ1n) is 6.49. The first-order valence-corrected chi connectivity index (χ1v) is 7.66. The lowest BCUT2D eigenvalue weighted by molar-refractivity contribution is -0.415. The summed E-state index contributed by atoms with van der Waals surface area (Å²) in [6.07, 6.45) is -32.4. The first-order chi connectivity index (χ1) is 13.2. The van der Waals surface area contributed by atoms with Crippen LogP contribution in [0.5, 0.6) is 0 Å². The predicted octanol–water partition coefficient (Wildman–Crippen LogP) is 7.81. The van der Waals surface area contributed by atoms with Crippen LogP contribution in [0.15, 0.2) is 11.1 Å². The van der Waals surface area contributed by atoms with Gasteiger partial charge in [0, 0.05) is 0 Å². The molecule has 0 amide bonds. The second kappa shape index (κ2) is 8.23. The molecule has 3 unspecified atom stereocenters. The van der Waals surface area contributed by atoms with Crippen molar-refractivity contribution in [2.75, 3.05) is 0 Å². The molecule has 0 bridgehead atoms. The Bertz CT molecular complexity index is 672. The molecular formula is C11H2BrClF18. The van der Waals surface area contributed by atoms with Crippen LogP contribution in [-0.4, -0.2) is 52.7 Å². The van der Waals surface area contributed by atoms with Gasteiger partial charge >= 0.3 is 35.8 Å². The van der Waals surface area contributed by atoms with Crippen LogP contribution in [0.25, 0.3) is 0 Å². The monoisotopic (exact) mass is 590 g/mol. The van der Waals surface area contributed by atoms with Gasteiger partial charge in [-0.1, -0.05) is 11.6 Å². The fourth-order valence-corrected chi connectivity index (χ4v) is 2.23. The Morgan fingerprint density at radius 3 is 1.16 bits per heavy atom. The Balaban J connectivity index is 6.67. The van der Waals surface area contributed by atoms with Crippen molar-refractivity contribution < 1.29 is 79.0 Å². The van der Waals surface area contributed by atoms with E-state index in [9.17, 15) is 79.0 Å². The quantitative estimate of drug-likeness (QED) is 0.209. The zero-order valence-electron chi connectivity index (χ0n) is 13.2. The molecule has 0 aliphatic rings. The summed E-state index contributed by atoms with van der Waals surface area (Å²) < 4.78 is 227. The minimum Gasteiger partial charge on any atom is -0.234 e. The number of hydrogen-bond donors (Lipinski definition) is 0. The maximum absolute atomic E-state index is 13.6. The van der Waals surface area contributed by atoms with Crippen molar-refractivity contribution in [3.63, 3.8) is 0 Å². The Morgan fingerprint density at radius 2 is 0.903 bits per heavy atom. The molecule has 0 nitrogen and oxygen atoms in total. The fourth-order valence-electron chi connectivity index (χ4n) is 1.75. The molecule has 0 saturated heterocycles. The summed E-state index contributed by atoms with van der Waals surface area (Å²) in [6.45, 7) is 0. The van der Waals surface area contributed by atoms with Crippen LogP contribution in [0.2, 0.25) is 0 Å². The third kappa shape index (κ3) is 4.53. The molecule has 3 atom stereocenters. The number of hydrogen-bond acceptors (Lipinski definition) is 0. The molecule has 0 aliphatic heterocycles. The first kappa shape index (κ1) is 30.2. The maximum Gasteiger partial charge on any atom is 0.437 e. The molecule has 0 spiro atoms. The van der Waals surface area contributed by atoms with Gasteiger partial charge in [0.15, 0.2) is 0 Å². The summed E-state index contributed by atoms with van der Waals surface area (Å²) in [5.74, 6) is -22.4. The van der Waals surface area contributed by atoms with E-state index >= 15 is 0 Å². The van der Waals surface area contributed by atoms with E-state index in [1.807, 2.05) is 0 Å². The zero-order chi connectivity index (χ0) is 25.8. The molecule has 0 saturated carbocycles. The van der Waals surface area contributed by atoms with Gasteiger partial charge in [-0.2, -0.15) is 61.5 Å². The van der Waals surface area contributed by atoms with E-state index in [2.05, 4.69) is 11.6 Å². The van der Waals surface area contributed by atoms with Gasteiger partial charge in [-0.25, -0.2) is 17.6 Å². The highest BCUT2D eigenvalue weighted by Gasteiger charge is 2.89. The van der Waals surface area contributed by atoms with Crippen molar-refractivity contribution in [1.29, 1.82) is 0 Å². The van der Waals surface area contributed by atoms with Crippen molar-refractivity contribution in [2.24, 2.45) is 0 Å². The average molecular weight is 591 g/mol. The number of halogens is 20. The lowest BCUT2D eigenvalue weighted by atomic mass is 9.86. The minimum absolute atomic E-state index is 0.861. The average Bonchev–Trinajstić information content (AvgIpc) is 2.55. The van der Waals surface area contributed by atoms with Crippen molar-refractivity contribution >= 4 is 27.5 Å². The Hall–Kier alpha value is -0.750. The lowest BCUT2D eigenvalue weighted by Gasteiger charge is -2.41. The standard InChI is InChI=1S/C11H2BrClF18/c12-6(20,1(13)2(14)15)7(21,22)3(16)5(18,19)4(17)8(23,24)9(25,10(26,27)28)11(29,30)31/h3-4H. The second-order valence-electron chi connectivity index (χ2n) is 5.45. The molecule has 186 valence electrons. The van der Waals surface area contributed by atoms with Crippen LogP contribution >= 0.6 is 27.5 Å². The van der Waals surface area contributed by atoms with Crippen molar-refractivity contribution in [3.05, 3.63) is 11.1 Å². The van der Waals surface area contributed by atoms with Gasteiger partial charge in [0.25, 0.3) is 10.7 Å². The number of alkyl halides is 17. The van der Waals surface area contributed by atoms with Crippen molar-refractivity contribution in [3.8, 4) is 0 Å². The van der Waals surface area contributed by atoms with E-state index in [-0.39, 0.29) is 0 Å². The molecule has 0 heterocycles. The minimum atomic E-state index is -8.19. The molecule has 0 fully saturated rings. The molecular weight excluding hydrogens is 589 g/mol. The summed E-state index contributed by atoms with van der Waals surface area (Å²) in [6, 6.07) is 0. The molecule has 0 N–H and O–H groups in total. The molecule has 0 aromatic heterocycles. The van der Waals surface area contributed by atoms with E-state index in [1.54, 1.807) is 0 Å². The smallest absolute Gasteiger partial charge is 0.234 e. The highest BCUT2D eigenvalue weighted by molar-refractivity contribution is 9.10. The molecule has 0 aliphatic carbocycles. The normalized spacial score (nSPS) is 19.0. The van der Waals surface area contributed by atoms with E-state index < -0.39 is 63.8 Å². The molecule has 31 heavy (non-hydrogen) atoms. The summed E-state index contributed by atoms with van der Waals surface area (Å²) in [5, 5.41) is -3.14. The van der Waals surface area contributed by atoms with E-state index in [0.29, 0.717) is 0 Å². The van der Waals surface area contributed by atoms with E-state index in [0.717, 1.165) is 15.9 Å². The Morgan fingerprint density at radius 1 is 0.613 bits per heavy atom. The van der Waals surface area contributed by atoms with Gasteiger partial charge in [0.05, 0.1) is 0 Å². The molecule has 0 aromatic carbocycles. The highest BCUT2D eigenvalue weighted by Crippen LogP contribution is 2.60. The molecule has 20 heteroatoms. The fraction of sp³-hybridized carbons (Fsp3) is 0.818. The Labute approximate surface area is 171 Å². The predicted molar refractivity (Wildman–Crippen MR) is 68.4 cm³/mol. The van der Waals surface area contributed by atoms with E-state index in [1.165, 1.54) is 0 Å². The van der Waals surface area contributed by atoms with Crippen LogP contribution < -0.4 is 0 Å². The summed E-state index contributed by atoms with van der Waals surface area (Å²) in [4.78, 5) is 0. The highest BCUT2D eigenvalue weighted by atomic mass is 79.9. The molecule has 0 aromatic rings. The van der Waals surface area contributed by atoms with Crippen LogP contribution in [0.1, 0.15) is 0 Å². The topological polar surface area (TPSA) is 0 Å². The van der Waals surface area contributed by atoms with Gasteiger partial charge in [-0.15, -0.1) is 0 Å². The zero-order valence-corrected chi connectivity index (χ0v) is 15.6. The van der Waals surface area contributed by atoms with Crippen LogP contribution in [-0.2, 0) is 0 Å². The van der Waals surface area contributed by atoms with Gasteiger partial charge in [-0.3, -0.25) is 0 Å². The second-order valence-corrected chi connectivity index (χ2v) is 6.92. The molecule has 0 radical (unpaired) electrons. The van der Waals surface area contributed by atoms with Crippen LogP contribution in [0.4, 0.5) is 79.0 Å². The van der Waals surface area contributed by atoms with Gasteiger partial charge in [-0.05, 0) is 15.9 Å². The summed E-state index contributed by atoms with van der Waals surface area (Å²) in [5.41, 5.74) is -8.19. The van der Waals surface area contributed by atoms with Gasteiger partial charge in [0.1, 0.15) is 5.03 Å². The SMILES string of the molecule is FC(F)=C(Cl)C(F)(Br)C(F)(F)C(F)C(F)(F)C(F)C(F)(F)C(F)(C(F)(F)F)C(F)(F)F. The van der Waals surface area contributed by atoms with Crippen molar-refractivity contribution in [2.45, 2.75) is 52.7 Å². The third-order valence-electron chi connectivity index (χ3n) is 3.41. The van der Waals surface area contributed by atoms with E-state index in [4.69, 9.17) is 0 Å². The maximum atomic E-state index is 13.6. The molecule has 0 rings (SSSR count). The number of rotatable bonds is 7.